The Morgan fingerprint density at radius 3 is 2.27 bits per heavy atom. The summed E-state index contributed by atoms with van der Waals surface area (Å²) in [6.45, 7) is 11.9. The number of amides is 2. The molecule has 0 unspecified atom stereocenters. The normalized spacial score (nSPS) is 12.4. The molecule has 41 heavy (non-hydrogen) atoms. The molecule has 0 saturated carbocycles. The van der Waals surface area contributed by atoms with E-state index < -0.39 is 27.7 Å². The molecule has 11 heteroatoms. The zero-order valence-corrected chi connectivity index (χ0v) is 25.2. The quantitative estimate of drug-likeness (QED) is 0.272. The Hall–Kier alpha value is -3.73. The fourth-order valence-corrected chi connectivity index (χ4v) is 5.67. The highest BCUT2D eigenvalue weighted by molar-refractivity contribution is 7.92. The number of aromatic nitrogens is 1. The van der Waals surface area contributed by atoms with Crippen molar-refractivity contribution in [1.29, 1.82) is 0 Å². The Kier molecular flexibility index (Phi) is 10.7. The minimum absolute atomic E-state index is 0.0609. The lowest BCUT2D eigenvalue weighted by atomic mass is 9.98. The van der Waals surface area contributed by atoms with Crippen LogP contribution in [-0.2, 0) is 26.2 Å². The van der Waals surface area contributed by atoms with Crippen molar-refractivity contribution in [1.82, 2.24) is 15.4 Å². The van der Waals surface area contributed by atoms with Crippen LogP contribution in [0.1, 0.15) is 58.8 Å². The number of carbonyl (C=O) groups is 2. The smallest absolute Gasteiger partial charge is 0.263 e. The minimum Gasteiger partial charge on any atom is -0.356 e. The molecule has 3 aromatic rings. The van der Waals surface area contributed by atoms with E-state index in [4.69, 9.17) is 4.52 Å². The number of hydrogen-bond acceptors (Lipinski definition) is 6. The van der Waals surface area contributed by atoms with Crippen LogP contribution in [0, 0.1) is 24.6 Å². The highest BCUT2D eigenvalue weighted by Crippen LogP contribution is 2.30. The van der Waals surface area contributed by atoms with Crippen molar-refractivity contribution < 1.29 is 26.9 Å². The van der Waals surface area contributed by atoms with Gasteiger partial charge in [0.1, 0.15) is 6.04 Å². The van der Waals surface area contributed by atoms with E-state index in [0.29, 0.717) is 30.5 Å². The molecule has 1 aromatic heterocycles. The van der Waals surface area contributed by atoms with Crippen molar-refractivity contribution in [3.05, 3.63) is 65.7 Å². The Balaban J connectivity index is 1.90. The minimum atomic E-state index is -4.20. The standard InChI is InChI=1S/C30H39FN4O5S/c1-7-10-26(36)35(28(20(4)5)30(37)32-17-19(2)3)18-22-13-15-23(16-14-22)24-11-8-9-12-25(24)41(38,39)34-29-27(31)21(6)40-33-29/h8-9,11-16,19-20,28H,7,10,17-18H2,1-6H3,(H,32,37)(H,33,34)/t28-/m0/s1. The van der Waals surface area contributed by atoms with E-state index in [1.54, 1.807) is 35.2 Å². The number of halogens is 1. The van der Waals surface area contributed by atoms with E-state index in [0.717, 1.165) is 5.56 Å². The number of benzene rings is 2. The maximum absolute atomic E-state index is 14.2. The van der Waals surface area contributed by atoms with E-state index >= 15 is 0 Å². The first kappa shape index (κ1) is 31.8. The number of rotatable bonds is 13. The molecule has 0 bridgehead atoms. The van der Waals surface area contributed by atoms with Crippen LogP contribution in [0.2, 0.25) is 0 Å². The van der Waals surface area contributed by atoms with Gasteiger partial charge in [-0.1, -0.05) is 82.2 Å². The molecule has 0 aliphatic carbocycles. The maximum Gasteiger partial charge on any atom is 0.263 e. The van der Waals surface area contributed by atoms with Crippen molar-refractivity contribution in [3.8, 4) is 11.1 Å². The molecule has 2 amide bonds. The highest BCUT2D eigenvalue weighted by Gasteiger charge is 2.32. The molecule has 0 radical (unpaired) electrons. The van der Waals surface area contributed by atoms with Gasteiger partial charge >= 0.3 is 0 Å². The van der Waals surface area contributed by atoms with Crippen LogP contribution in [0.15, 0.2) is 57.9 Å². The van der Waals surface area contributed by atoms with E-state index in [1.807, 2.05) is 46.8 Å². The number of anilines is 1. The summed E-state index contributed by atoms with van der Waals surface area (Å²) in [6, 6.07) is 12.9. The van der Waals surface area contributed by atoms with Gasteiger partial charge in [-0.2, -0.15) is 4.39 Å². The number of carbonyl (C=O) groups excluding carboxylic acids is 2. The summed E-state index contributed by atoms with van der Waals surface area (Å²) in [5.41, 5.74) is 1.80. The fourth-order valence-electron chi connectivity index (χ4n) is 4.45. The van der Waals surface area contributed by atoms with Gasteiger partial charge < -0.3 is 14.7 Å². The lowest BCUT2D eigenvalue weighted by molar-refractivity contribution is -0.143. The Bertz CT molecular complexity index is 1450. The van der Waals surface area contributed by atoms with Crippen LogP contribution in [-0.4, -0.2) is 42.9 Å². The molecule has 0 aliphatic heterocycles. The van der Waals surface area contributed by atoms with Gasteiger partial charge in [-0.3, -0.25) is 14.3 Å². The van der Waals surface area contributed by atoms with Gasteiger partial charge in [0.15, 0.2) is 5.76 Å². The Morgan fingerprint density at radius 2 is 1.71 bits per heavy atom. The SMILES string of the molecule is CCCC(=O)N(Cc1ccc(-c2ccccc2S(=O)(=O)Nc2noc(C)c2F)cc1)[C@H](C(=O)NCC(C)C)C(C)C. The number of nitrogens with zero attached hydrogens (tertiary/aromatic N) is 2. The largest absolute Gasteiger partial charge is 0.356 e. The van der Waals surface area contributed by atoms with E-state index in [1.165, 1.54) is 13.0 Å². The van der Waals surface area contributed by atoms with Crippen LogP contribution in [0.4, 0.5) is 10.2 Å². The summed E-state index contributed by atoms with van der Waals surface area (Å²) < 4.78 is 47.4. The number of sulfonamides is 1. The van der Waals surface area contributed by atoms with Crippen molar-refractivity contribution >= 4 is 27.7 Å². The van der Waals surface area contributed by atoms with Crippen molar-refractivity contribution in [2.24, 2.45) is 11.8 Å². The summed E-state index contributed by atoms with van der Waals surface area (Å²) in [6.07, 6.45) is 0.979. The second kappa shape index (κ2) is 13.8. The van der Waals surface area contributed by atoms with Crippen LogP contribution >= 0.6 is 0 Å². The average Bonchev–Trinajstić information content (AvgIpc) is 3.23. The molecule has 0 aliphatic rings. The van der Waals surface area contributed by atoms with Gasteiger partial charge in [-0.15, -0.1) is 0 Å². The summed E-state index contributed by atoms with van der Waals surface area (Å²) in [4.78, 5) is 27.9. The monoisotopic (exact) mass is 586 g/mol. The molecular formula is C30H39FN4O5S. The van der Waals surface area contributed by atoms with Crippen LogP contribution in [0.25, 0.3) is 11.1 Å². The average molecular weight is 587 g/mol. The van der Waals surface area contributed by atoms with Gasteiger partial charge in [0.2, 0.25) is 23.4 Å². The van der Waals surface area contributed by atoms with Crippen LogP contribution in [0.5, 0.6) is 0 Å². The van der Waals surface area contributed by atoms with Gasteiger partial charge in [0, 0.05) is 25.1 Å². The zero-order chi connectivity index (χ0) is 30.3. The molecule has 9 nitrogen and oxygen atoms in total. The molecule has 0 saturated heterocycles. The third kappa shape index (κ3) is 7.93. The summed E-state index contributed by atoms with van der Waals surface area (Å²) >= 11 is 0. The van der Waals surface area contributed by atoms with Gasteiger partial charge in [-0.05, 0) is 42.4 Å². The fraction of sp³-hybridized carbons (Fsp3) is 0.433. The predicted molar refractivity (Wildman–Crippen MR) is 156 cm³/mol. The first-order chi connectivity index (χ1) is 19.4. The Labute approximate surface area is 241 Å². The third-order valence-corrected chi connectivity index (χ3v) is 7.92. The van der Waals surface area contributed by atoms with Crippen molar-refractivity contribution in [2.75, 3.05) is 11.3 Å². The first-order valence-corrected chi connectivity index (χ1v) is 15.2. The first-order valence-electron chi connectivity index (χ1n) is 13.8. The molecule has 2 aromatic carbocycles. The number of hydrogen-bond donors (Lipinski definition) is 2. The van der Waals surface area contributed by atoms with Gasteiger partial charge in [0.05, 0.1) is 4.90 Å². The summed E-state index contributed by atoms with van der Waals surface area (Å²) in [5, 5.41) is 6.42. The van der Waals surface area contributed by atoms with E-state index in [9.17, 15) is 22.4 Å². The second-order valence-electron chi connectivity index (χ2n) is 10.8. The van der Waals surface area contributed by atoms with E-state index in [2.05, 4.69) is 15.2 Å². The van der Waals surface area contributed by atoms with Gasteiger partial charge in [-0.25, -0.2) is 8.42 Å². The molecule has 1 heterocycles. The molecule has 1 atom stereocenters. The lowest BCUT2D eigenvalue weighted by Crippen LogP contribution is -2.52. The lowest BCUT2D eigenvalue weighted by Gasteiger charge is -2.34. The molecular weight excluding hydrogens is 547 g/mol. The van der Waals surface area contributed by atoms with Crippen LogP contribution in [0.3, 0.4) is 0 Å². The van der Waals surface area contributed by atoms with Crippen LogP contribution < -0.4 is 10.0 Å². The summed E-state index contributed by atoms with van der Waals surface area (Å²) in [5.74, 6) is -1.63. The highest BCUT2D eigenvalue weighted by atomic mass is 32.2. The van der Waals surface area contributed by atoms with E-state index in [-0.39, 0.29) is 40.9 Å². The van der Waals surface area contributed by atoms with Crippen molar-refractivity contribution in [2.45, 2.75) is 71.9 Å². The molecule has 3 rings (SSSR count). The summed E-state index contributed by atoms with van der Waals surface area (Å²) in [7, 11) is -4.20. The molecule has 222 valence electrons. The second-order valence-corrected chi connectivity index (χ2v) is 12.5. The van der Waals surface area contributed by atoms with Crippen molar-refractivity contribution in [3.63, 3.8) is 0 Å². The molecule has 0 fully saturated rings. The zero-order valence-electron chi connectivity index (χ0n) is 24.4. The number of nitrogens with one attached hydrogen (secondary N) is 2. The third-order valence-electron chi connectivity index (χ3n) is 6.52. The maximum atomic E-state index is 14.2. The molecule has 0 spiro atoms. The predicted octanol–water partition coefficient (Wildman–Crippen LogP) is 5.52. The number of aryl methyl sites for hydroxylation is 1. The Morgan fingerprint density at radius 1 is 1.05 bits per heavy atom. The molecule has 2 N–H and O–H groups in total. The van der Waals surface area contributed by atoms with Gasteiger partial charge in [0.25, 0.3) is 10.0 Å². The topological polar surface area (TPSA) is 122 Å².